The van der Waals surface area contributed by atoms with Crippen molar-refractivity contribution in [2.24, 2.45) is 0 Å². The average Bonchev–Trinajstić information content (AvgIpc) is 2.76. The smallest absolute Gasteiger partial charge is 0.122 e. The van der Waals surface area contributed by atoms with Crippen LogP contribution < -0.4 is 16.0 Å². The van der Waals surface area contributed by atoms with Crippen molar-refractivity contribution in [3.8, 4) is 0 Å². The van der Waals surface area contributed by atoms with Gasteiger partial charge >= 0.3 is 0 Å². The molecule has 0 bridgehead atoms. The molecule has 2 aromatic carbocycles. The number of para-hydroxylation sites is 3. The van der Waals surface area contributed by atoms with E-state index in [1.807, 2.05) is 0 Å². The zero-order valence-electron chi connectivity index (χ0n) is 10.2. The summed E-state index contributed by atoms with van der Waals surface area (Å²) in [5, 5.41) is 10.7. The van der Waals surface area contributed by atoms with Crippen LogP contribution in [0.5, 0.6) is 0 Å². The molecule has 2 atom stereocenters. The first-order valence-corrected chi connectivity index (χ1v) is 6.31. The second-order valence-electron chi connectivity index (χ2n) is 4.97. The predicted molar refractivity (Wildman–Crippen MR) is 75.0 cm³/mol. The number of nitrogens with one attached hydrogen (secondary N) is 3. The van der Waals surface area contributed by atoms with Crippen molar-refractivity contribution in [1.82, 2.24) is 0 Å². The molecule has 2 heterocycles. The summed E-state index contributed by atoms with van der Waals surface area (Å²) in [6.07, 6.45) is 0.232. The van der Waals surface area contributed by atoms with Crippen LogP contribution in [0.2, 0.25) is 0 Å². The predicted octanol–water partition coefficient (Wildman–Crippen LogP) is 3.33. The monoisotopic (exact) mass is 237 g/mol. The number of benzene rings is 2. The molecule has 2 aromatic rings. The second-order valence-corrected chi connectivity index (χ2v) is 4.97. The van der Waals surface area contributed by atoms with Gasteiger partial charge in [0.2, 0.25) is 0 Å². The highest BCUT2D eigenvalue weighted by atomic mass is 15.2. The molecule has 0 aromatic heterocycles. The lowest BCUT2D eigenvalue weighted by atomic mass is 10.0. The Kier molecular flexibility index (Phi) is 1.87. The van der Waals surface area contributed by atoms with Crippen molar-refractivity contribution in [3.05, 3.63) is 53.6 Å². The summed E-state index contributed by atoms with van der Waals surface area (Å²) in [5.41, 5.74) is 6.25. The van der Waals surface area contributed by atoms with E-state index in [-0.39, 0.29) is 6.17 Å². The Morgan fingerprint density at radius 1 is 0.833 bits per heavy atom. The molecular formula is C15H15N3. The van der Waals surface area contributed by atoms with Gasteiger partial charge < -0.3 is 16.0 Å². The lowest BCUT2D eigenvalue weighted by molar-refractivity contribution is 0.701. The normalized spacial score (nSPS) is 22.9. The zero-order valence-corrected chi connectivity index (χ0v) is 10.2. The van der Waals surface area contributed by atoms with Crippen LogP contribution in [0.3, 0.4) is 0 Å². The van der Waals surface area contributed by atoms with E-state index in [1.54, 1.807) is 0 Å². The van der Waals surface area contributed by atoms with E-state index in [0.717, 1.165) is 5.69 Å². The standard InChI is InChI=1S/C15H15N3/c1-9-5-4-6-10-13(9)18-15-14(10)16-11-7-2-3-8-12(11)17-15/h2-8,14-18H,1H3. The summed E-state index contributed by atoms with van der Waals surface area (Å²) in [7, 11) is 0. The fourth-order valence-electron chi connectivity index (χ4n) is 2.92. The summed E-state index contributed by atoms with van der Waals surface area (Å²) in [6.45, 7) is 2.15. The molecule has 18 heavy (non-hydrogen) atoms. The maximum atomic E-state index is 3.62. The SMILES string of the molecule is Cc1cccc2c1NC1Nc3ccccc3NC21. The molecule has 2 unspecified atom stereocenters. The van der Waals surface area contributed by atoms with Crippen LogP contribution in [0.15, 0.2) is 42.5 Å². The van der Waals surface area contributed by atoms with Gasteiger partial charge in [0.25, 0.3) is 0 Å². The van der Waals surface area contributed by atoms with Crippen molar-refractivity contribution in [2.75, 3.05) is 16.0 Å². The van der Waals surface area contributed by atoms with Gasteiger partial charge in [-0.2, -0.15) is 0 Å². The van der Waals surface area contributed by atoms with Gasteiger partial charge in [0, 0.05) is 11.3 Å². The summed E-state index contributed by atoms with van der Waals surface area (Å²) in [4.78, 5) is 0. The maximum Gasteiger partial charge on any atom is 0.122 e. The molecular weight excluding hydrogens is 222 g/mol. The van der Waals surface area contributed by atoms with Gasteiger partial charge in [-0.05, 0) is 24.6 Å². The Balaban J connectivity index is 1.80. The van der Waals surface area contributed by atoms with Crippen LogP contribution in [0, 0.1) is 6.92 Å². The first-order chi connectivity index (χ1) is 8.83. The van der Waals surface area contributed by atoms with E-state index in [4.69, 9.17) is 0 Å². The molecule has 3 N–H and O–H groups in total. The molecule has 0 saturated heterocycles. The van der Waals surface area contributed by atoms with Gasteiger partial charge in [0.15, 0.2) is 0 Å². The van der Waals surface area contributed by atoms with Crippen molar-refractivity contribution in [1.29, 1.82) is 0 Å². The lowest BCUT2D eigenvalue weighted by Crippen LogP contribution is -2.37. The fourth-order valence-corrected chi connectivity index (χ4v) is 2.92. The second kappa shape index (κ2) is 3.42. The van der Waals surface area contributed by atoms with Crippen molar-refractivity contribution in [3.63, 3.8) is 0 Å². The number of fused-ring (bicyclic) bond motifs is 4. The van der Waals surface area contributed by atoms with E-state index in [1.165, 1.54) is 22.5 Å². The Morgan fingerprint density at radius 3 is 2.44 bits per heavy atom. The molecule has 2 aliphatic rings. The number of aryl methyl sites for hydroxylation is 1. The maximum absolute atomic E-state index is 3.62. The Hall–Kier alpha value is -2.16. The van der Waals surface area contributed by atoms with Gasteiger partial charge in [-0.15, -0.1) is 0 Å². The van der Waals surface area contributed by atoms with Gasteiger partial charge in [-0.25, -0.2) is 0 Å². The molecule has 4 rings (SSSR count). The first kappa shape index (κ1) is 9.83. The molecule has 0 spiro atoms. The highest BCUT2D eigenvalue weighted by molar-refractivity contribution is 5.77. The highest BCUT2D eigenvalue weighted by Gasteiger charge is 2.36. The largest absolute Gasteiger partial charge is 0.373 e. The van der Waals surface area contributed by atoms with Crippen molar-refractivity contribution >= 4 is 17.1 Å². The van der Waals surface area contributed by atoms with E-state index in [9.17, 15) is 0 Å². The quantitative estimate of drug-likeness (QED) is 0.657. The van der Waals surface area contributed by atoms with Gasteiger partial charge in [-0.1, -0.05) is 30.3 Å². The summed E-state index contributed by atoms with van der Waals surface area (Å²) in [6, 6.07) is 15.1. The number of hydrogen-bond acceptors (Lipinski definition) is 3. The van der Waals surface area contributed by atoms with E-state index in [0.29, 0.717) is 6.04 Å². The third-order valence-electron chi connectivity index (χ3n) is 3.82. The van der Waals surface area contributed by atoms with Gasteiger partial charge in [0.1, 0.15) is 6.17 Å². The molecule has 2 aliphatic heterocycles. The fraction of sp³-hybridized carbons (Fsp3) is 0.200. The minimum absolute atomic E-state index is 0.232. The van der Waals surface area contributed by atoms with Crippen molar-refractivity contribution in [2.45, 2.75) is 19.1 Å². The van der Waals surface area contributed by atoms with E-state index in [2.05, 4.69) is 65.3 Å². The van der Waals surface area contributed by atoms with Crippen LogP contribution in [-0.2, 0) is 0 Å². The minimum atomic E-state index is 0.232. The van der Waals surface area contributed by atoms with Crippen LogP contribution in [0.1, 0.15) is 17.2 Å². The van der Waals surface area contributed by atoms with Crippen LogP contribution in [-0.4, -0.2) is 6.17 Å². The van der Waals surface area contributed by atoms with Crippen LogP contribution in [0.4, 0.5) is 17.1 Å². The summed E-state index contributed by atoms with van der Waals surface area (Å²) < 4.78 is 0. The molecule has 0 aliphatic carbocycles. The Morgan fingerprint density at radius 2 is 1.61 bits per heavy atom. The Labute approximate surface area is 106 Å². The molecule has 0 radical (unpaired) electrons. The van der Waals surface area contributed by atoms with E-state index >= 15 is 0 Å². The first-order valence-electron chi connectivity index (χ1n) is 6.31. The number of rotatable bonds is 0. The molecule has 3 nitrogen and oxygen atoms in total. The minimum Gasteiger partial charge on any atom is -0.373 e. The zero-order chi connectivity index (χ0) is 12.1. The van der Waals surface area contributed by atoms with E-state index < -0.39 is 0 Å². The molecule has 0 fully saturated rings. The molecule has 0 saturated carbocycles. The molecule has 3 heteroatoms. The third-order valence-corrected chi connectivity index (χ3v) is 3.82. The third kappa shape index (κ3) is 1.24. The van der Waals surface area contributed by atoms with Gasteiger partial charge in [0.05, 0.1) is 17.4 Å². The summed E-state index contributed by atoms with van der Waals surface area (Å²) >= 11 is 0. The average molecular weight is 237 g/mol. The summed E-state index contributed by atoms with van der Waals surface area (Å²) in [5.74, 6) is 0. The van der Waals surface area contributed by atoms with Crippen LogP contribution in [0.25, 0.3) is 0 Å². The van der Waals surface area contributed by atoms with Crippen LogP contribution >= 0.6 is 0 Å². The molecule has 0 amide bonds. The highest BCUT2D eigenvalue weighted by Crippen LogP contribution is 2.43. The number of anilines is 3. The van der Waals surface area contributed by atoms with Gasteiger partial charge in [-0.3, -0.25) is 0 Å². The topological polar surface area (TPSA) is 36.1 Å². The van der Waals surface area contributed by atoms with Crippen molar-refractivity contribution < 1.29 is 0 Å². The lowest BCUT2D eigenvalue weighted by Gasteiger charge is -2.31. The molecule has 90 valence electrons. The number of hydrogen-bond donors (Lipinski definition) is 3. The Bertz CT molecular complexity index is 621.